The molecule has 1 rings (SSSR count). The summed E-state index contributed by atoms with van der Waals surface area (Å²) in [4.78, 5) is 0. The summed E-state index contributed by atoms with van der Waals surface area (Å²) in [5.74, 6) is -0.231. The van der Waals surface area contributed by atoms with Crippen molar-refractivity contribution in [2.24, 2.45) is 7.05 Å². The Morgan fingerprint density at radius 3 is 2.69 bits per heavy atom. The van der Waals surface area contributed by atoms with E-state index in [0.29, 0.717) is 12.3 Å². The number of ether oxygens (including phenoxy) is 1. The van der Waals surface area contributed by atoms with E-state index in [1.165, 1.54) is 6.07 Å². The average Bonchev–Trinajstić information content (AvgIpc) is 2.32. The number of halogens is 1. The van der Waals surface area contributed by atoms with Gasteiger partial charge < -0.3 is 9.30 Å². The van der Waals surface area contributed by atoms with Gasteiger partial charge in [0, 0.05) is 31.1 Å². The van der Waals surface area contributed by atoms with E-state index in [0.717, 1.165) is 0 Å². The van der Waals surface area contributed by atoms with Gasteiger partial charge in [0.2, 0.25) is 0 Å². The molecule has 0 N–H and O–H groups in total. The summed E-state index contributed by atoms with van der Waals surface area (Å²) < 4.78 is 19.5. The quantitative estimate of drug-likeness (QED) is 0.553. The molecule has 0 aliphatic heterocycles. The van der Waals surface area contributed by atoms with Gasteiger partial charge in [-0.05, 0) is 37.7 Å². The SMILES string of the molecule is [CH-]=C(OCC)c1c(F)ccn1C.[U]. The van der Waals surface area contributed by atoms with Crippen LogP contribution in [0.2, 0.25) is 0 Å². The van der Waals surface area contributed by atoms with Crippen molar-refractivity contribution in [3.63, 3.8) is 0 Å². The second-order valence-electron chi connectivity index (χ2n) is 2.42. The van der Waals surface area contributed by atoms with E-state index in [1.54, 1.807) is 24.7 Å². The first-order chi connectivity index (χ1) is 5.66. The Morgan fingerprint density at radius 1 is 1.69 bits per heavy atom. The van der Waals surface area contributed by atoms with Gasteiger partial charge in [-0.2, -0.15) is 0 Å². The molecule has 2 nitrogen and oxygen atoms in total. The van der Waals surface area contributed by atoms with Crippen LogP contribution in [-0.2, 0) is 11.8 Å². The first-order valence-corrected chi connectivity index (χ1v) is 3.73. The molecular weight excluding hydrogens is 395 g/mol. The second kappa shape index (κ2) is 5.51. The van der Waals surface area contributed by atoms with Crippen LogP contribution >= 0.6 is 0 Å². The Labute approximate surface area is 101 Å². The van der Waals surface area contributed by atoms with Gasteiger partial charge in [0.25, 0.3) is 0 Å². The number of rotatable bonds is 3. The van der Waals surface area contributed by atoms with Crippen molar-refractivity contribution in [2.45, 2.75) is 6.92 Å². The third kappa shape index (κ3) is 2.89. The van der Waals surface area contributed by atoms with E-state index >= 15 is 0 Å². The predicted molar refractivity (Wildman–Crippen MR) is 44.7 cm³/mol. The Morgan fingerprint density at radius 2 is 2.31 bits per heavy atom. The standard InChI is InChI=1S/C9H11FNO.U/c1-4-12-7(2)9-8(10)5-6-11(9)3;/h2,5-6H,4H2,1,3H3;/q-1;. The van der Waals surface area contributed by atoms with E-state index in [1.807, 2.05) is 0 Å². The minimum atomic E-state index is -0.358. The Hall–Kier alpha value is -0.198. The molecule has 0 atom stereocenters. The van der Waals surface area contributed by atoms with Crippen molar-refractivity contribution in [1.82, 2.24) is 4.57 Å². The van der Waals surface area contributed by atoms with Crippen LogP contribution in [0.4, 0.5) is 4.39 Å². The summed E-state index contributed by atoms with van der Waals surface area (Å²) in [7, 11) is 1.71. The molecule has 0 saturated carbocycles. The smallest absolute Gasteiger partial charge is 0.0808 e. The molecule has 0 saturated heterocycles. The summed E-state index contributed by atoms with van der Waals surface area (Å²) in [6, 6.07) is 1.35. The minimum Gasteiger partial charge on any atom is -0.530 e. The van der Waals surface area contributed by atoms with Crippen molar-refractivity contribution in [1.29, 1.82) is 0 Å². The molecule has 0 aliphatic carbocycles. The molecular formula is C9H11FNOU-. The summed E-state index contributed by atoms with van der Waals surface area (Å²) in [6.45, 7) is 7.73. The van der Waals surface area contributed by atoms with Gasteiger partial charge in [0.05, 0.1) is 12.4 Å². The summed E-state index contributed by atoms with van der Waals surface area (Å²) >= 11 is 0. The van der Waals surface area contributed by atoms with Crippen LogP contribution in [-0.4, -0.2) is 11.2 Å². The largest absolute Gasteiger partial charge is 0.530 e. The van der Waals surface area contributed by atoms with Crippen LogP contribution in [0.3, 0.4) is 0 Å². The third-order valence-corrected chi connectivity index (χ3v) is 1.56. The molecule has 0 unspecified atom stereocenters. The fourth-order valence-corrected chi connectivity index (χ4v) is 1.01. The molecule has 4 heteroatoms. The van der Waals surface area contributed by atoms with E-state index in [-0.39, 0.29) is 42.7 Å². The van der Waals surface area contributed by atoms with Crippen molar-refractivity contribution >= 4 is 5.76 Å². The van der Waals surface area contributed by atoms with Crippen molar-refractivity contribution < 1.29 is 40.2 Å². The number of nitrogens with zero attached hydrogens (tertiary/aromatic N) is 1. The normalized spacial score (nSPS) is 9.15. The molecule has 70 valence electrons. The molecule has 0 fully saturated rings. The number of aromatic nitrogens is 1. The van der Waals surface area contributed by atoms with Gasteiger partial charge in [-0.1, -0.05) is 0 Å². The predicted octanol–water partition coefficient (Wildman–Crippen LogP) is 1.97. The van der Waals surface area contributed by atoms with Gasteiger partial charge in [0.1, 0.15) is 0 Å². The Bertz CT molecular complexity index is 276. The maximum Gasteiger partial charge on any atom is 0.0808 e. The number of aryl methyl sites for hydroxylation is 1. The minimum absolute atomic E-state index is 0. The first kappa shape index (κ1) is 12.8. The summed E-state index contributed by atoms with van der Waals surface area (Å²) in [5, 5.41) is 0. The molecule has 0 amide bonds. The number of hydrogen-bond acceptors (Lipinski definition) is 1. The third-order valence-electron chi connectivity index (χ3n) is 1.56. The van der Waals surface area contributed by atoms with Crippen LogP contribution in [0, 0.1) is 43.5 Å². The average molecular weight is 406 g/mol. The van der Waals surface area contributed by atoms with Crippen LogP contribution in [0.5, 0.6) is 0 Å². The Balaban J connectivity index is 0.00000144. The molecule has 13 heavy (non-hydrogen) atoms. The molecule has 0 bridgehead atoms. The van der Waals surface area contributed by atoms with Gasteiger partial charge in [-0.25, -0.2) is 11.0 Å². The fraction of sp³-hybridized carbons (Fsp3) is 0.333. The Kier molecular flexibility index (Phi) is 5.43. The van der Waals surface area contributed by atoms with Crippen LogP contribution < -0.4 is 0 Å². The molecule has 0 aromatic carbocycles. The maximum absolute atomic E-state index is 13.0. The zero-order chi connectivity index (χ0) is 9.14. The van der Waals surface area contributed by atoms with Crippen LogP contribution in [0.25, 0.3) is 5.76 Å². The molecule has 1 heterocycles. The molecule has 0 aliphatic rings. The fourth-order valence-electron chi connectivity index (χ4n) is 1.01. The van der Waals surface area contributed by atoms with E-state index < -0.39 is 0 Å². The van der Waals surface area contributed by atoms with Crippen molar-refractivity contribution in [3.05, 3.63) is 30.4 Å². The van der Waals surface area contributed by atoms with Crippen LogP contribution in [0.15, 0.2) is 12.3 Å². The zero-order valence-electron chi connectivity index (χ0n) is 7.67. The number of hydrogen-bond donors (Lipinski definition) is 0. The van der Waals surface area contributed by atoms with E-state index in [9.17, 15) is 4.39 Å². The zero-order valence-corrected chi connectivity index (χ0v) is 11.8. The van der Waals surface area contributed by atoms with Crippen molar-refractivity contribution in [3.8, 4) is 0 Å². The van der Waals surface area contributed by atoms with Gasteiger partial charge >= 0.3 is 0 Å². The molecule has 1 aromatic heterocycles. The maximum atomic E-state index is 13.0. The van der Waals surface area contributed by atoms with Gasteiger partial charge in [0.15, 0.2) is 0 Å². The molecule has 1 aromatic rings. The van der Waals surface area contributed by atoms with Gasteiger partial charge in [-0.15, -0.1) is 0 Å². The first-order valence-electron chi connectivity index (χ1n) is 3.73. The second-order valence-corrected chi connectivity index (χ2v) is 2.42. The van der Waals surface area contributed by atoms with E-state index in [4.69, 9.17) is 11.3 Å². The van der Waals surface area contributed by atoms with Crippen molar-refractivity contribution in [2.75, 3.05) is 6.61 Å². The monoisotopic (exact) mass is 406 g/mol. The molecule has 0 radical (unpaired) electrons. The van der Waals surface area contributed by atoms with Gasteiger partial charge in [-0.3, -0.25) is 0 Å². The summed E-state index contributed by atoms with van der Waals surface area (Å²) in [6.07, 6.45) is 1.59. The summed E-state index contributed by atoms with van der Waals surface area (Å²) in [5.41, 5.74) is 0.303. The topological polar surface area (TPSA) is 14.2 Å². The molecule has 0 spiro atoms. The van der Waals surface area contributed by atoms with E-state index in [2.05, 4.69) is 0 Å². The van der Waals surface area contributed by atoms with Crippen LogP contribution in [0.1, 0.15) is 12.6 Å².